The molecular formula is C14H18FN3O3. The summed E-state index contributed by atoms with van der Waals surface area (Å²) >= 11 is 0. The molecule has 6 nitrogen and oxygen atoms in total. The smallest absolute Gasteiger partial charge is 0.327 e. The van der Waals surface area contributed by atoms with Crippen molar-refractivity contribution in [1.29, 1.82) is 0 Å². The largest absolute Gasteiger partial charge is 0.374 e. The summed E-state index contributed by atoms with van der Waals surface area (Å²) in [4.78, 5) is 23.9. The standard InChI is InChI=1S/C14H18FN3O3/c1-14(2,3)17-8-9(7-12(17)19)16-11-6-4-5-10(15)13(11)18(20)21/h4-6,9,16H,7-8H2,1-3H3. The van der Waals surface area contributed by atoms with Gasteiger partial charge in [-0.15, -0.1) is 0 Å². The van der Waals surface area contributed by atoms with E-state index in [2.05, 4.69) is 5.32 Å². The van der Waals surface area contributed by atoms with E-state index in [-0.39, 0.29) is 29.6 Å². The number of nitrogens with zero attached hydrogens (tertiary/aromatic N) is 2. The number of hydrogen-bond acceptors (Lipinski definition) is 4. The van der Waals surface area contributed by atoms with Crippen molar-refractivity contribution in [2.75, 3.05) is 11.9 Å². The molecule has 1 saturated heterocycles. The zero-order chi connectivity index (χ0) is 15.8. The van der Waals surface area contributed by atoms with Gasteiger partial charge in [0.25, 0.3) is 0 Å². The number of nitro groups is 1. The monoisotopic (exact) mass is 295 g/mol. The Hall–Kier alpha value is -2.18. The van der Waals surface area contributed by atoms with Gasteiger partial charge in [-0.05, 0) is 32.9 Å². The van der Waals surface area contributed by atoms with Gasteiger partial charge in [-0.2, -0.15) is 4.39 Å². The lowest BCUT2D eigenvalue weighted by Gasteiger charge is -2.32. The van der Waals surface area contributed by atoms with Crippen LogP contribution >= 0.6 is 0 Å². The van der Waals surface area contributed by atoms with Gasteiger partial charge in [0.2, 0.25) is 11.7 Å². The van der Waals surface area contributed by atoms with Crippen molar-refractivity contribution in [2.45, 2.75) is 38.8 Å². The Balaban J connectivity index is 2.20. The normalized spacial score (nSPS) is 19.0. The Labute approximate surface area is 122 Å². The highest BCUT2D eigenvalue weighted by Crippen LogP contribution is 2.30. The molecule has 2 rings (SSSR count). The third kappa shape index (κ3) is 3.12. The molecule has 1 aromatic carbocycles. The Morgan fingerprint density at radius 3 is 2.62 bits per heavy atom. The van der Waals surface area contributed by atoms with Crippen LogP contribution in [-0.2, 0) is 4.79 Å². The zero-order valence-electron chi connectivity index (χ0n) is 12.2. The van der Waals surface area contributed by atoms with Crippen molar-refractivity contribution in [3.8, 4) is 0 Å². The molecular weight excluding hydrogens is 277 g/mol. The van der Waals surface area contributed by atoms with Crippen LogP contribution in [0.25, 0.3) is 0 Å². The Bertz CT molecular complexity index is 583. The molecule has 21 heavy (non-hydrogen) atoms. The van der Waals surface area contributed by atoms with Crippen molar-refractivity contribution < 1.29 is 14.1 Å². The first-order chi connectivity index (χ1) is 9.70. The molecule has 1 aliphatic rings. The van der Waals surface area contributed by atoms with Crippen LogP contribution in [0, 0.1) is 15.9 Å². The topological polar surface area (TPSA) is 75.5 Å². The van der Waals surface area contributed by atoms with Crippen LogP contribution < -0.4 is 5.32 Å². The van der Waals surface area contributed by atoms with E-state index in [1.54, 1.807) is 4.90 Å². The lowest BCUT2D eigenvalue weighted by Crippen LogP contribution is -2.43. The molecule has 0 aromatic heterocycles. The quantitative estimate of drug-likeness (QED) is 0.687. The van der Waals surface area contributed by atoms with Crippen LogP contribution in [0.3, 0.4) is 0 Å². The van der Waals surface area contributed by atoms with Gasteiger partial charge < -0.3 is 10.2 Å². The molecule has 0 saturated carbocycles. The lowest BCUT2D eigenvalue weighted by atomic mass is 10.1. The van der Waals surface area contributed by atoms with E-state index >= 15 is 0 Å². The molecule has 1 N–H and O–H groups in total. The third-order valence-corrected chi connectivity index (χ3v) is 3.46. The molecule has 0 radical (unpaired) electrons. The highest BCUT2D eigenvalue weighted by Gasteiger charge is 2.37. The fourth-order valence-corrected chi connectivity index (χ4v) is 2.49. The summed E-state index contributed by atoms with van der Waals surface area (Å²) < 4.78 is 13.6. The van der Waals surface area contributed by atoms with E-state index in [0.717, 1.165) is 6.07 Å². The molecule has 0 aliphatic carbocycles. The SMILES string of the molecule is CC(C)(C)N1CC(Nc2cccc(F)c2[N+](=O)[O-])CC1=O. The minimum Gasteiger partial charge on any atom is -0.374 e. The summed E-state index contributed by atoms with van der Waals surface area (Å²) in [5.74, 6) is -0.902. The number of likely N-dealkylation sites (tertiary alicyclic amines) is 1. The minimum atomic E-state index is -0.887. The molecule has 1 fully saturated rings. The van der Waals surface area contributed by atoms with Gasteiger partial charge in [0, 0.05) is 18.5 Å². The van der Waals surface area contributed by atoms with E-state index in [4.69, 9.17) is 0 Å². The number of benzene rings is 1. The minimum absolute atomic E-state index is 0.0148. The second kappa shape index (κ2) is 5.31. The van der Waals surface area contributed by atoms with E-state index in [1.807, 2.05) is 20.8 Å². The van der Waals surface area contributed by atoms with Gasteiger partial charge >= 0.3 is 5.69 Å². The zero-order valence-corrected chi connectivity index (χ0v) is 12.2. The number of amides is 1. The maximum Gasteiger partial charge on any atom is 0.327 e. The summed E-state index contributed by atoms with van der Waals surface area (Å²) in [7, 11) is 0. The average molecular weight is 295 g/mol. The fraction of sp³-hybridized carbons (Fsp3) is 0.500. The number of anilines is 1. The summed E-state index contributed by atoms with van der Waals surface area (Å²) in [6, 6.07) is 3.64. The molecule has 0 bridgehead atoms. The summed E-state index contributed by atoms with van der Waals surface area (Å²) in [5.41, 5.74) is -0.783. The van der Waals surface area contributed by atoms with Crippen LogP contribution in [0.5, 0.6) is 0 Å². The van der Waals surface area contributed by atoms with Crippen molar-refractivity contribution >= 4 is 17.3 Å². The molecule has 1 unspecified atom stereocenters. The van der Waals surface area contributed by atoms with Crippen molar-refractivity contribution in [3.05, 3.63) is 34.1 Å². The second-order valence-electron chi connectivity index (χ2n) is 6.11. The summed E-state index contributed by atoms with van der Waals surface area (Å²) in [6.07, 6.45) is 0.241. The fourth-order valence-electron chi connectivity index (χ4n) is 2.49. The number of hydrogen-bond donors (Lipinski definition) is 1. The predicted molar refractivity (Wildman–Crippen MR) is 76.5 cm³/mol. The Morgan fingerprint density at radius 2 is 2.10 bits per heavy atom. The summed E-state index contributed by atoms with van der Waals surface area (Å²) in [5, 5.41) is 13.9. The molecule has 114 valence electrons. The number of rotatable bonds is 3. The second-order valence-corrected chi connectivity index (χ2v) is 6.11. The van der Waals surface area contributed by atoms with Crippen molar-refractivity contribution in [2.24, 2.45) is 0 Å². The molecule has 7 heteroatoms. The van der Waals surface area contributed by atoms with Gasteiger partial charge in [0.05, 0.1) is 11.0 Å². The maximum atomic E-state index is 13.6. The highest BCUT2D eigenvalue weighted by molar-refractivity contribution is 5.81. The van der Waals surface area contributed by atoms with Crippen LogP contribution in [0.4, 0.5) is 15.8 Å². The predicted octanol–water partition coefficient (Wildman–Crippen LogP) is 2.55. The molecule has 1 heterocycles. The van der Waals surface area contributed by atoms with Crippen LogP contribution in [0.1, 0.15) is 27.2 Å². The molecule has 0 spiro atoms. The number of para-hydroxylation sites is 1. The van der Waals surface area contributed by atoms with Crippen LogP contribution in [-0.4, -0.2) is 33.9 Å². The molecule has 1 aromatic rings. The van der Waals surface area contributed by atoms with Crippen LogP contribution in [0.15, 0.2) is 18.2 Å². The Morgan fingerprint density at radius 1 is 1.43 bits per heavy atom. The summed E-state index contributed by atoms with van der Waals surface area (Å²) in [6.45, 7) is 6.23. The molecule has 1 aliphatic heterocycles. The first-order valence-corrected chi connectivity index (χ1v) is 6.70. The van der Waals surface area contributed by atoms with Gasteiger partial charge in [0.15, 0.2) is 0 Å². The Kier molecular flexibility index (Phi) is 3.85. The van der Waals surface area contributed by atoms with E-state index in [0.29, 0.717) is 6.54 Å². The van der Waals surface area contributed by atoms with Gasteiger partial charge in [0.1, 0.15) is 5.69 Å². The number of halogens is 1. The maximum absolute atomic E-state index is 13.6. The van der Waals surface area contributed by atoms with Crippen molar-refractivity contribution in [1.82, 2.24) is 4.90 Å². The highest BCUT2D eigenvalue weighted by atomic mass is 19.1. The van der Waals surface area contributed by atoms with Gasteiger partial charge in [-0.3, -0.25) is 14.9 Å². The number of nitrogens with one attached hydrogen (secondary N) is 1. The van der Waals surface area contributed by atoms with Crippen LogP contribution in [0.2, 0.25) is 0 Å². The van der Waals surface area contributed by atoms with E-state index in [1.165, 1.54) is 12.1 Å². The number of carbonyl (C=O) groups excluding carboxylic acids is 1. The first-order valence-electron chi connectivity index (χ1n) is 6.70. The molecule has 1 amide bonds. The van der Waals surface area contributed by atoms with E-state index < -0.39 is 16.4 Å². The van der Waals surface area contributed by atoms with Gasteiger partial charge in [-0.25, -0.2) is 0 Å². The van der Waals surface area contributed by atoms with Crippen molar-refractivity contribution in [3.63, 3.8) is 0 Å². The number of nitro benzene ring substituents is 1. The first kappa shape index (κ1) is 15.2. The average Bonchev–Trinajstić information content (AvgIpc) is 2.69. The van der Waals surface area contributed by atoms with Gasteiger partial charge in [-0.1, -0.05) is 6.07 Å². The lowest BCUT2D eigenvalue weighted by molar-refractivity contribution is -0.386. The van der Waals surface area contributed by atoms with E-state index in [9.17, 15) is 19.3 Å². The third-order valence-electron chi connectivity index (χ3n) is 3.46. The molecule has 1 atom stereocenters. The number of carbonyl (C=O) groups is 1.